The van der Waals surface area contributed by atoms with Crippen molar-refractivity contribution in [3.63, 3.8) is 0 Å². The predicted molar refractivity (Wildman–Crippen MR) is 75.6 cm³/mol. The molecule has 2 aliphatic rings. The van der Waals surface area contributed by atoms with Crippen LogP contribution in [0.4, 0.5) is 0 Å². The summed E-state index contributed by atoms with van der Waals surface area (Å²) in [7, 11) is 0. The second kappa shape index (κ2) is 4.30. The molecule has 0 spiro atoms. The molecule has 2 bridgehead atoms. The van der Waals surface area contributed by atoms with Gasteiger partial charge in [-0.05, 0) is 42.9 Å². The lowest BCUT2D eigenvalue weighted by Gasteiger charge is -2.43. The first kappa shape index (κ1) is 13.1. The second-order valence-corrected chi connectivity index (χ2v) is 7.26. The predicted octanol–water partition coefficient (Wildman–Crippen LogP) is 2.60. The maximum atomic E-state index is 4.23. The summed E-state index contributed by atoms with van der Waals surface area (Å²) in [6.07, 6.45) is 5.99. The van der Waals surface area contributed by atoms with Crippen LogP contribution in [-0.2, 0) is 13.1 Å². The fourth-order valence-electron chi connectivity index (χ4n) is 4.68. The number of hydrogen-bond donors (Lipinski definition) is 1. The van der Waals surface area contributed by atoms with Crippen molar-refractivity contribution in [2.45, 2.75) is 66.1 Å². The van der Waals surface area contributed by atoms with Crippen LogP contribution in [-0.4, -0.2) is 20.8 Å². The van der Waals surface area contributed by atoms with E-state index in [0.29, 0.717) is 16.9 Å². The van der Waals surface area contributed by atoms with Gasteiger partial charge in [-0.15, -0.1) is 10.2 Å². The molecule has 1 heterocycles. The van der Waals surface area contributed by atoms with E-state index in [2.05, 4.69) is 47.8 Å². The Bertz CT molecular complexity index is 460. The molecule has 0 radical (unpaired) electrons. The van der Waals surface area contributed by atoms with Gasteiger partial charge in [-0.3, -0.25) is 0 Å². The molecule has 1 aromatic heterocycles. The third-order valence-corrected chi connectivity index (χ3v) is 5.77. The van der Waals surface area contributed by atoms with Crippen molar-refractivity contribution in [3.8, 4) is 0 Å². The normalized spacial score (nSPS) is 36.0. The maximum Gasteiger partial charge on any atom is 0.146 e. The summed E-state index contributed by atoms with van der Waals surface area (Å²) in [5.41, 5.74) is 0.884. The number of rotatable bonds is 4. The fraction of sp³-hybridized carbons (Fsp3) is 0.867. The molecule has 3 rings (SSSR count). The topological polar surface area (TPSA) is 42.7 Å². The molecule has 0 aromatic carbocycles. The molecule has 2 fully saturated rings. The van der Waals surface area contributed by atoms with E-state index in [9.17, 15) is 0 Å². The summed E-state index contributed by atoms with van der Waals surface area (Å²) in [5.74, 6) is 1.95. The molecule has 4 nitrogen and oxygen atoms in total. The van der Waals surface area contributed by atoms with Crippen LogP contribution in [0.5, 0.6) is 0 Å². The summed E-state index contributed by atoms with van der Waals surface area (Å²) in [6, 6.07) is 0.598. The minimum Gasteiger partial charge on any atom is -0.317 e. The van der Waals surface area contributed by atoms with Crippen molar-refractivity contribution in [3.05, 3.63) is 12.2 Å². The zero-order valence-electron chi connectivity index (χ0n) is 12.6. The van der Waals surface area contributed by atoms with E-state index in [1.54, 1.807) is 0 Å². The van der Waals surface area contributed by atoms with Crippen LogP contribution in [0, 0.1) is 16.7 Å². The van der Waals surface area contributed by atoms with E-state index in [-0.39, 0.29) is 0 Å². The van der Waals surface area contributed by atoms with Crippen LogP contribution in [0.1, 0.15) is 52.8 Å². The van der Waals surface area contributed by atoms with Crippen molar-refractivity contribution in [2.75, 3.05) is 0 Å². The Morgan fingerprint density at radius 2 is 2.21 bits per heavy atom. The lowest BCUT2D eigenvalue weighted by Crippen LogP contribution is -2.50. The molecule has 2 aliphatic carbocycles. The fourth-order valence-corrected chi connectivity index (χ4v) is 4.68. The third-order valence-electron chi connectivity index (χ3n) is 5.77. The van der Waals surface area contributed by atoms with Gasteiger partial charge in [0.2, 0.25) is 0 Å². The van der Waals surface area contributed by atoms with Gasteiger partial charge in [0.05, 0.1) is 6.54 Å². The molecule has 106 valence electrons. The minimum atomic E-state index is 0.407. The SMILES string of the molecule is CCn1cnnc1CNC1C(C)(C)[C@H]2CC[C@]1(C)C2. The van der Waals surface area contributed by atoms with Crippen LogP contribution in [0.15, 0.2) is 6.33 Å². The van der Waals surface area contributed by atoms with Crippen molar-refractivity contribution in [2.24, 2.45) is 16.7 Å². The van der Waals surface area contributed by atoms with Gasteiger partial charge in [-0.25, -0.2) is 0 Å². The molecule has 1 N–H and O–H groups in total. The molecule has 0 saturated heterocycles. The highest BCUT2D eigenvalue weighted by molar-refractivity contribution is 5.12. The van der Waals surface area contributed by atoms with Crippen LogP contribution < -0.4 is 5.32 Å². The smallest absolute Gasteiger partial charge is 0.146 e. The standard InChI is InChI=1S/C15H26N4/c1-5-19-10-17-18-12(19)9-16-13-14(2,3)11-6-7-15(13,4)8-11/h10-11,13,16H,5-9H2,1-4H3/t11-,13?,15+/m0/s1. The van der Waals surface area contributed by atoms with Gasteiger partial charge >= 0.3 is 0 Å². The molecule has 0 aliphatic heterocycles. The van der Waals surface area contributed by atoms with Crippen molar-refractivity contribution >= 4 is 0 Å². The van der Waals surface area contributed by atoms with E-state index < -0.39 is 0 Å². The Balaban J connectivity index is 1.73. The van der Waals surface area contributed by atoms with Crippen LogP contribution >= 0.6 is 0 Å². The van der Waals surface area contributed by atoms with Gasteiger partial charge in [0.15, 0.2) is 0 Å². The molecule has 19 heavy (non-hydrogen) atoms. The first-order valence-corrected chi connectivity index (χ1v) is 7.57. The average molecular weight is 262 g/mol. The number of aryl methyl sites for hydroxylation is 1. The minimum absolute atomic E-state index is 0.407. The Morgan fingerprint density at radius 1 is 1.42 bits per heavy atom. The van der Waals surface area contributed by atoms with Crippen molar-refractivity contribution < 1.29 is 0 Å². The van der Waals surface area contributed by atoms with Crippen molar-refractivity contribution in [1.29, 1.82) is 0 Å². The number of nitrogens with one attached hydrogen (secondary N) is 1. The van der Waals surface area contributed by atoms with E-state index in [0.717, 1.165) is 24.8 Å². The van der Waals surface area contributed by atoms with E-state index in [4.69, 9.17) is 0 Å². The summed E-state index contributed by atoms with van der Waals surface area (Å²) in [6.45, 7) is 11.2. The highest BCUT2D eigenvalue weighted by Crippen LogP contribution is 2.62. The second-order valence-electron chi connectivity index (χ2n) is 7.26. The van der Waals surface area contributed by atoms with E-state index >= 15 is 0 Å². The van der Waals surface area contributed by atoms with Gasteiger partial charge in [-0.2, -0.15) is 0 Å². The van der Waals surface area contributed by atoms with Crippen LogP contribution in [0.2, 0.25) is 0 Å². The summed E-state index contributed by atoms with van der Waals surface area (Å²) >= 11 is 0. The molecular formula is C15H26N4. The number of hydrogen-bond acceptors (Lipinski definition) is 3. The zero-order valence-corrected chi connectivity index (χ0v) is 12.6. The van der Waals surface area contributed by atoms with Gasteiger partial charge in [0.1, 0.15) is 12.2 Å². The Morgan fingerprint density at radius 3 is 2.84 bits per heavy atom. The Kier molecular flexibility index (Phi) is 2.97. The van der Waals surface area contributed by atoms with E-state index in [1.165, 1.54) is 19.3 Å². The number of fused-ring (bicyclic) bond motifs is 2. The first-order valence-electron chi connectivity index (χ1n) is 7.57. The first-order chi connectivity index (χ1) is 8.97. The van der Waals surface area contributed by atoms with Crippen molar-refractivity contribution in [1.82, 2.24) is 20.1 Å². The molecule has 4 heteroatoms. The number of aromatic nitrogens is 3. The maximum absolute atomic E-state index is 4.23. The van der Waals surface area contributed by atoms with Crippen LogP contribution in [0.3, 0.4) is 0 Å². The summed E-state index contributed by atoms with van der Waals surface area (Å²) in [5, 5.41) is 12.0. The lowest BCUT2D eigenvalue weighted by molar-refractivity contribution is 0.107. The summed E-state index contributed by atoms with van der Waals surface area (Å²) < 4.78 is 2.12. The lowest BCUT2D eigenvalue weighted by atomic mass is 9.68. The zero-order chi connectivity index (χ0) is 13.7. The molecule has 3 atom stereocenters. The van der Waals surface area contributed by atoms with Gasteiger partial charge in [0, 0.05) is 12.6 Å². The van der Waals surface area contributed by atoms with Gasteiger partial charge in [-0.1, -0.05) is 20.8 Å². The monoisotopic (exact) mass is 262 g/mol. The quantitative estimate of drug-likeness (QED) is 0.907. The summed E-state index contributed by atoms with van der Waals surface area (Å²) in [4.78, 5) is 0. The Labute approximate surface area is 116 Å². The van der Waals surface area contributed by atoms with Gasteiger partial charge < -0.3 is 9.88 Å². The molecule has 2 saturated carbocycles. The number of nitrogens with zero attached hydrogens (tertiary/aromatic N) is 3. The highest BCUT2D eigenvalue weighted by Gasteiger charge is 2.58. The molecule has 1 unspecified atom stereocenters. The van der Waals surface area contributed by atoms with Gasteiger partial charge in [0.25, 0.3) is 0 Å². The largest absolute Gasteiger partial charge is 0.317 e. The Hall–Kier alpha value is -0.900. The molecular weight excluding hydrogens is 236 g/mol. The molecule has 0 amide bonds. The molecule has 1 aromatic rings. The van der Waals surface area contributed by atoms with Crippen LogP contribution in [0.25, 0.3) is 0 Å². The highest BCUT2D eigenvalue weighted by atomic mass is 15.3. The van der Waals surface area contributed by atoms with E-state index in [1.807, 2.05) is 6.33 Å². The average Bonchev–Trinajstić information content (AvgIpc) is 2.99. The third kappa shape index (κ3) is 1.92.